The molecule has 0 aromatic heterocycles. The molecule has 3 aromatic carbocycles. The van der Waals surface area contributed by atoms with Crippen molar-refractivity contribution in [3.05, 3.63) is 48.5 Å². The molecular formula is C30H38O6. The van der Waals surface area contributed by atoms with Gasteiger partial charge in [0.15, 0.2) is 13.2 Å². The molecule has 0 saturated heterocycles. The Bertz CT molecular complexity index is 978. The molecule has 0 aliphatic carbocycles. The minimum Gasteiger partial charge on any atom is -0.481 e. The van der Waals surface area contributed by atoms with Gasteiger partial charge in [0.25, 0.3) is 0 Å². The molecule has 0 radical (unpaired) electrons. The third-order valence-corrected chi connectivity index (χ3v) is 6.02. The van der Waals surface area contributed by atoms with Crippen molar-refractivity contribution in [1.82, 2.24) is 0 Å². The molecule has 0 aliphatic rings. The summed E-state index contributed by atoms with van der Waals surface area (Å²) >= 11 is 0. The largest absolute Gasteiger partial charge is 0.481 e. The highest BCUT2D eigenvalue weighted by atomic mass is 16.6. The van der Waals surface area contributed by atoms with E-state index >= 15 is 0 Å². The van der Waals surface area contributed by atoms with Crippen LogP contribution in [0.1, 0.15) is 65.2 Å². The van der Waals surface area contributed by atoms with Crippen LogP contribution in [0.2, 0.25) is 0 Å². The number of carbonyl (C=O) groups is 2. The topological polar surface area (TPSA) is 71.1 Å². The van der Waals surface area contributed by atoms with E-state index in [1.165, 1.54) is 0 Å². The van der Waals surface area contributed by atoms with Gasteiger partial charge in [-0.15, -0.1) is 0 Å². The number of benzene rings is 3. The van der Waals surface area contributed by atoms with Gasteiger partial charge < -0.3 is 18.9 Å². The van der Waals surface area contributed by atoms with E-state index in [9.17, 15) is 9.59 Å². The van der Waals surface area contributed by atoms with Gasteiger partial charge in [0.1, 0.15) is 11.5 Å². The van der Waals surface area contributed by atoms with Crippen LogP contribution in [0.25, 0.3) is 21.5 Å². The Labute approximate surface area is 213 Å². The van der Waals surface area contributed by atoms with Crippen molar-refractivity contribution in [3.8, 4) is 11.5 Å². The minimum absolute atomic E-state index is 0.174. The molecule has 0 N–H and O–H groups in total. The summed E-state index contributed by atoms with van der Waals surface area (Å²) in [6, 6.07) is 15.3. The zero-order chi connectivity index (χ0) is 25.6. The maximum atomic E-state index is 12.3. The average molecular weight is 495 g/mol. The second-order valence-corrected chi connectivity index (χ2v) is 8.89. The van der Waals surface area contributed by atoms with E-state index in [1.54, 1.807) is 0 Å². The third-order valence-electron chi connectivity index (χ3n) is 6.02. The summed E-state index contributed by atoms with van der Waals surface area (Å²) in [6.45, 7) is 4.76. The second-order valence-electron chi connectivity index (χ2n) is 8.89. The van der Waals surface area contributed by atoms with Crippen LogP contribution in [0.5, 0.6) is 11.5 Å². The van der Waals surface area contributed by atoms with Gasteiger partial charge in [0.05, 0.1) is 13.2 Å². The first kappa shape index (κ1) is 27.3. The number of hydrogen-bond acceptors (Lipinski definition) is 6. The molecule has 0 aliphatic heterocycles. The van der Waals surface area contributed by atoms with E-state index in [0.29, 0.717) is 24.7 Å². The number of fused-ring (bicyclic) bond motifs is 2. The number of carbonyl (C=O) groups excluding carboxylic acids is 2. The fourth-order valence-electron chi connectivity index (χ4n) is 4.13. The summed E-state index contributed by atoms with van der Waals surface area (Å²) < 4.78 is 22.7. The molecule has 6 heteroatoms. The number of unbranched alkanes of at least 4 members (excludes halogenated alkanes) is 6. The van der Waals surface area contributed by atoms with Crippen molar-refractivity contribution in [3.63, 3.8) is 0 Å². The van der Waals surface area contributed by atoms with Gasteiger partial charge in [0.2, 0.25) is 0 Å². The zero-order valence-electron chi connectivity index (χ0n) is 21.6. The Morgan fingerprint density at radius 2 is 0.917 bits per heavy atom. The minimum atomic E-state index is -0.387. The highest BCUT2D eigenvalue weighted by Crippen LogP contribution is 2.42. The summed E-state index contributed by atoms with van der Waals surface area (Å²) in [5, 5.41) is 3.20. The second kappa shape index (κ2) is 15.0. The Morgan fingerprint density at radius 3 is 1.25 bits per heavy atom. The fourth-order valence-corrected chi connectivity index (χ4v) is 4.13. The summed E-state index contributed by atoms with van der Waals surface area (Å²) in [5.74, 6) is 0.410. The molecule has 0 bridgehead atoms. The molecule has 3 rings (SSSR count). The van der Waals surface area contributed by atoms with E-state index in [2.05, 4.69) is 13.8 Å². The summed E-state index contributed by atoms with van der Waals surface area (Å²) in [4.78, 5) is 24.6. The van der Waals surface area contributed by atoms with Crippen LogP contribution >= 0.6 is 0 Å². The lowest BCUT2D eigenvalue weighted by molar-refractivity contribution is -0.147. The molecule has 0 fully saturated rings. The standard InChI is InChI=1S/C30H38O6/c1-3-5-7-13-19-33-27(31)21-35-29-23-15-9-11-17-25(23)30(26-18-12-10-16-24(26)29)36-22-28(32)34-20-14-8-6-4-2/h9-12,15-18H,3-8,13-14,19-22H2,1-2H3. The van der Waals surface area contributed by atoms with Crippen LogP contribution in [-0.2, 0) is 19.1 Å². The smallest absolute Gasteiger partial charge is 0.344 e. The van der Waals surface area contributed by atoms with Crippen molar-refractivity contribution in [1.29, 1.82) is 0 Å². The van der Waals surface area contributed by atoms with Gasteiger partial charge in [-0.05, 0) is 12.8 Å². The summed E-state index contributed by atoms with van der Waals surface area (Å²) in [5.41, 5.74) is 0. The van der Waals surface area contributed by atoms with Gasteiger partial charge in [-0.2, -0.15) is 0 Å². The van der Waals surface area contributed by atoms with E-state index in [0.717, 1.165) is 72.9 Å². The van der Waals surface area contributed by atoms with Crippen LogP contribution in [-0.4, -0.2) is 38.4 Å². The first-order valence-corrected chi connectivity index (χ1v) is 13.2. The maximum Gasteiger partial charge on any atom is 0.344 e. The summed E-state index contributed by atoms with van der Waals surface area (Å²) in [7, 11) is 0. The van der Waals surface area contributed by atoms with Crippen LogP contribution in [0.3, 0.4) is 0 Å². The lowest BCUT2D eigenvalue weighted by atomic mass is 10.0. The lowest BCUT2D eigenvalue weighted by Crippen LogP contribution is -2.17. The quantitative estimate of drug-likeness (QED) is 0.121. The van der Waals surface area contributed by atoms with Crippen molar-refractivity contribution in [2.24, 2.45) is 0 Å². The first-order chi connectivity index (χ1) is 17.7. The van der Waals surface area contributed by atoms with Crippen molar-refractivity contribution >= 4 is 33.5 Å². The number of ether oxygens (including phenoxy) is 4. The number of rotatable bonds is 16. The molecule has 0 atom stereocenters. The van der Waals surface area contributed by atoms with Gasteiger partial charge in [-0.3, -0.25) is 0 Å². The van der Waals surface area contributed by atoms with E-state index in [-0.39, 0.29) is 25.2 Å². The lowest BCUT2D eigenvalue weighted by Gasteiger charge is -2.17. The predicted molar refractivity (Wildman–Crippen MR) is 143 cm³/mol. The van der Waals surface area contributed by atoms with Crippen LogP contribution in [0, 0.1) is 0 Å². The molecule has 6 nitrogen and oxygen atoms in total. The highest BCUT2D eigenvalue weighted by molar-refractivity contribution is 6.11. The van der Waals surface area contributed by atoms with Crippen LogP contribution in [0.4, 0.5) is 0 Å². The zero-order valence-corrected chi connectivity index (χ0v) is 21.6. The predicted octanol–water partition coefficient (Wildman–Crippen LogP) is 7.00. The Balaban J connectivity index is 1.73. The molecule has 0 unspecified atom stereocenters. The average Bonchev–Trinajstić information content (AvgIpc) is 2.90. The first-order valence-electron chi connectivity index (χ1n) is 13.2. The van der Waals surface area contributed by atoms with Gasteiger partial charge >= 0.3 is 11.9 Å². The van der Waals surface area contributed by atoms with E-state index in [1.807, 2.05) is 48.5 Å². The van der Waals surface area contributed by atoms with Gasteiger partial charge in [-0.1, -0.05) is 101 Å². The van der Waals surface area contributed by atoms with Crippen LogP contribution in [0.15, 0.2) is 48.5 Å². The Kier molecular flexibility index (Phi) is 11.4. The molecule has 3 aromatic rings. The summed E-state index contributed by atoms with van der Waals surface area (Å²) in [6.07, 6.45) is 8.36. The Hall–Kier alpha value is -3.28. The Morgan fingerprint density at radius 1 is 0.556 bits per heavy atom. The molecule has 0 spiro atoms. The normalized spacial score (nSPS) is 10.9. The third kappa shape index (κ3) is 7.87. The van der Waals surface area contributed by atoms with E-state index in [4.69, 9.17) is 18.9 Å². The monoisotopic (exact) mass is 494 g/mol. The maximum absolute atomic E-state index is 12.3. The molecule has 0 saturated carbocycles. The molecule has 0 heterocycles. The van der Waals surface area contributed by atoms with Crippen LogP contribution < -0.4 is 9.47 Å². The number of esters is 2. The SMILES string of the molecule is CCCCCCOC(=O)COc1c2ccccc2c(OCC(=O)OCCCCCC)c2ccccc12. The molecule has 194 valence electrons. The van der Waals surface area contributed by atoms with E-state index < -0.39 is 0 Å². The van der Waals surface area contributed by atoms with Crippen molar-refractivity contribution in [2.75, 3.05) is 26.4 Å². The fraction of sp³-hybridized carbons (Fsp3) is 0.467. The van der Waals surface area contributed by atoms with Crippen molar-refractivity contribution < 1.29 is 28.5 Å². The van der Waals surface area contributed by atoms with Crippen molar-refractivity contribution in [2.45, 2.75) is 65.2 Å². The molecule has 36 heavy (non-hydrogen) atoms. The highest BCUT2D eigenvalue weighted by Gasteiger charge is 2.18. The molecule has 0 amide bonds. The van der Waals surface area contributed by atoms with Gasteiger partial charge in [-0.25, -0.2) is 9.59 Å². The number of hydrogen-bond donors (Lipinski definition) is 0. The molecular weight excluding hydrogens is 456 g/mol. The van der Waals surface area contributed by atoms with Gasteiger partial charge in [0, 0.05) is 21.5 Å².